The predicted octanol–water partition coefficient (Wildman–Crippen LogP) is 8.82. The topological polar surface area (TPSA) is 50.9 Å². The zero-order valence-electron chi connectivity index (χ0n) is 26.2. The lowest BCUT2D eigenvalue weighted by Gasteiger charge is -2.27. The lowest BCUT2D eigenvalue weighted by Crippen LogP contribution is -2.37. The van der Waals surface area contributed by atoms with Gasteiger partial charge in [0, 0.05) is 29.9 Å². The number of phenols is 1. The second-order valence-electron chi connectivity index (χ2n) is 14.4. The van der Waals surface area contributed by atoms with E-state index in [1.54, 1.807) is 0 Å². The average Bonchev–Trinajstić information content (AvgIpc) is 3.23. The number of aromatic nitrogens is 3. The minimum absolute atomic E-state index is 0.0743. The third-order valence-corrected chi connectivity index (χ3v) is 10.0. The van der Waals surface area contributed by atoms with Crippen LogP contribution in [0.2, 0.25) is 19.6 Å². The maximum absolute atomic E-state index is 11.7. The van der Waals surface area contributed by atoms with Gasteiger partial charge < -0.3 is 9.67 Å². The Labute approximate surface area is 246 Å². The highest BCUT2D eigenvalue weighted by atomic mass is 28.3. The highest BCUT2D eigenvalue weighted by Crippen LogP contribution is 2.43. The zero-order valence-corrected chi connectivity index (χ0v) is 27.2. The zero-order chi connectivity index (χ0) is 29.9. The van der Waals surface area contributed by atoms with Crippen LogP contribution in [0.15, 0.2) is 72.9 Å². The van der Waals surface area contributed by atoms with Crippen LogP contribution in [-0.2, 0) is 17.9 Å². The molecular formula is C36H43N3OSi. The first-order valence-corrected chi connectivity index (χ1v) is 18.0. The Morgan fingerprint density at radius 1 is 0.756 bits per heavy atom. The Kier molecular flexibility index (Phi) is 7.02. The van der Waals surface area contributed by atoms with Crippen molar-refractivity contribution in [3.8, 4) is 39.5 Å². The molecule has 0 atom stereocenters. The van der Waals surface area contributed by atoms with E-state index in [9.17, 15) is 5.11 Å². The summed E-state index contributed by atoms with van der Waals surface area (Å²) in [5.41, 5.74) is 8.91. The van der Waals surface area contributed by atoms with Crippen LogP contribution in [0.4, 0.5) is 0 Å². The van der Waals surface area contributed by atoms with Crippen molar-refractivity contribution in [3.05, 3.63) is 84.1 Å². The summed E-state index contributed by atoms with van der Waals surface area (Å²) in [4.78, 5) is 9.88. The molecule has 212 valence electrons. The molecule has 1 N–H and O–H groups in total. The number of imidazole rings is 1. The third-order valence-electron chi connectivity index (χ3n) is 8.01. The van der Waals surface area contributed by atoms with Gasteiger partial charge in [0.15, 0.2) is 0 Å². The van der Waals surface area contributed by atoms with Crippen LogP contribution in [0.5, 0.6) is 5.75 Å². The molecule has 3 aromatic carbocycles. The molecule has 0 bridgehead atoms. The van der Waals surface area contributed by atoms with Crippen LogP contribution in [-0.4, -0.2) is 27.7 Å². The van der Waals surface area contributed by atoms with Gasteiger partial charge in [0.25, 0.3) is 0 Å². The van der Waals surface area contributed by atoms with Crippen LogP contribution < -0.4 is 5.19 Å². The van der Waals surface area contributed by atoms with Gasteiger partial charge in [-0.3, -0.25) is 4.98 Å². The van der Waals surface area contributed by atoms with E-state index in [0.717, 1.165) is 50.4 Å². The molecule has 0 unspecified atom stereocenters. The maximum Gasteiger partial charge on any atom is 0.144 e. The third kappa shape index (κ3) is 5.48. The monoisotopic (exact) mass is 561 g/mol. The van der Waals surface area contributed by atoms with Crippen molar-refractivity contribution in [2.45, 2.75) is 72.0 Å². The van der Waals surface area contributed by atoms with E-state index in [4.69, 9.17) is 4.98 Å². The number of hydrogen-bond donors (Lipinski definition) is 1. The molecule has 0 aliphatic rings. The van der Waals surface area contributed by atoms with Crippen LogP contribution in [0.3, 0.4) is 0 Å². The first-order valence-electron chi connectivity index (χ1n) is 14.5. The molecule has 0 radical (unpaired) electrons. The highest BCUT2D eigenvalue weighted by molar-refractivity contribution is 6.88. The van der Waals surface area contributed by atoms with Gasteiger partial charge in [0.2, 0.25) is 0 Å². The van der Waals surface area contributed by atoms with Crippen LogP contribution in [0, 0.1) is 0 Å². The Morgan fingerprint density at radius 3 is 2.07 bits per heavy atom. The molecule has 0 aliphatic heterocycles. The van der Waals surface area contributed by atoms with Gasteiger partial charge >= 0.3 is 0 Å². The molecule has 0 spiro atoms. The summed E-state index contributed by atoms with van der Waals surface area (Å²) in [5, 5.41) is 13.1. The van der Waals surface area contributed by atoms with E-state index in [2.05, 4.69) is 126 Å². The predicted molar refractivity (Wildman–Crippen MR) is 177 cm³/mol. The number of nitrogens with zero attached hydrogens (tertiary/aromatic N) is 3. The second-order valence-corrected chi connectivity index (χ2v) is 19.4. The van der Waals surface area contributed by atoms with Gasteiger partial charge in [-0.25, -0.2) is 4.98 Å². The number of aromatic hydroxyl groups is 1. The highest BCUT2D eigenvalue weighted by Gasteiger charge is 2.28. The number of pyridine rings is 1. The largest absolute Gasteiger partial charge is 0.507 e. The van der Waals surface area contributed by atoms with Crippen molar-refractivity contribution in [2.24, 2.45) is 7.05 Å². The first kappa shape index (κ1) is 28.8. The molecule has 2 heterocycles. The van der Waals surface area contributed by atoms with Gasteiger partial charge in [-0.05, 0) is 52.3 Å². The molecule has 5 aromatic rings. The van der Waals surface area contributed by atoms with Crippen molar-refractivity contribution in [2.75, 3.05) is 0 Å². The molecule has 5 rings (SSSR count). The molecule has 5 heteroatoms. The fraction of sp³-hybridized carbons (Fsp3) is 0.333. The van der Waals surface area contributed by atoms with Crippen molar-refractivity contribution in [1.82, 2.24) is 14.5 Å². The summed E-state index contributed by atoms with van der Waals surface area (Å²) in [6.45, 7) is 20.3. The molecule has 4 nitrogen and oxygen atoms in total. The Morgan fingerprint density at radius 2 is 1.46 bits per heavy atom. The normalized spacial score (nSPS) is 12.7. The smallest absolute Gasteiger partial charge is 0.144 e. The fourth-order valence-electron chi connectivity index (χ4n) is 5.37. The van der Waals surface area contributed by atoms with Gasteiger partial charge in [-0.1, -0.05) is 103 Å². The van der Waals surface area contributed by atoms with Gasteiger partial charge in [-0.2, -0.15) is 0 Å². The summed E-state index contributed by atoms with van der Waals surface area (Å²) >= 11 is 0. The van der Waals surface area contributed by atoms with E-state index in [-0.39, 0.29) is 10.8 Å². The first-order chi connectivity index (χ1) is 19.1. The average molecular weight is 562 g/mol. The Bertz CT molecular complexity index is 1750. The number of aryl methyl sites for hydroxylation is 1. The molecule has 0 amide bonds. The van der Waals surface area contributed by atoms with Crippen molar-refractivity contribution in [1.29, 1.82) is 0 Å². The molecule has 2 aromatic heterocycles. The minimum Gasteiger partial charge on any atom is -0.507 e. The van der Waals surface area contributed by atoms with Crippen molar-refractivity contribution in [3.63, 3.8) is 0 Å². The van der Waals surface area contributed by atoms with E-state index in [1.165, 1.54) is 10.8 Å². The van der Waals surface area contributed by atoms with Crippen LogP contribution in [0.25, 0.3) is 44.8 Å². The molecule has 0 saturated carbocycles. The molecule has 0 saturated heterocycles. The Hall–Kier alpha value is -3.70. The number of phenolic OH excluding ortho intramolecular Hbond substituents is 1. The lowest BCUT2D eigenvalue weighted by molar-refractivity contribution is 0.446. The van der Waals surface area contributed by atoms with Crippen molar-refractivity contribution < 1.29 is 5.11 Å². The maximum atomic E-state index is 11.7. The minimum atomic E-state index is -1.67. The SMILES string of the molecule is Cn1c(-c2cc(C(C)(C)C)cc(C(C)(C)C)c2O)nc2c(-c3cccc(-c4ccccn4)c3)cc([Si](C)(C)C)cc21. The molecule has 0 aliphatic carbocycles. The number of hydrogen-bond acceptors (Lipinski definition) is 3. The summed E-state index contributed by atoms with van der Waals surface area (Å²) in [5.74, 6) is 1.09. The summed E-state index contributed by atoms with van der Waals surface area (Å²) in [7, 11) is 0.409. The molecular weight excluding hydrogens is 519 g/mol. The van der Waals surface area contributed by atoms with Crippen LogP contribution in [0.1, 0.15) is 52.7 Å². The van der Waals surface area contributed by atoms with E-state index < -0.39 is 8.07 Å². The lowest BCUT2D eigenvalue weighted by atomic mass is 9.79. The van der Waals surface area contributed by atoms with Crippen molar-refractivity contribution >= 4 is 24.3 Å². The molecule has 0 fully saturated rings. The number of rotatable bonds is 4. The number of benzene rings is 3. The number of fused-ring (bicyclic) bond motifs is 1. The quantitative estimate of drug-likeness (QED) is 0.223. The fourth-order valence-corrected chi connectivity index (χ4v) is 6.52. The summed E-state index contributed by atoms with van der Waals surface area (Å²) in [6, 6.07) is 23.6. The Balaban J connectivity index is 1.82. The second kappa shape index (κ2) is 9.99. The summed E-state index contributed by atoms with van der Waals surface area (Å²) < 4.78 is 2.17. The summed E-state index contributed by atoms with van der Waals surface area (Å²) in [6.07, 6.45) is 1.83. The van der Waals surface area contributed by atoms with Crippen LogP contribution >= 0.6 is 0 Å². The van der Waals surface area contributed by atoms with Gasteiger partial charge in [0.05, 0.1) is 30.4 Å². The van der Waals surface area contributed by atoms with Gasteiger partial charge in [-0.15, -0.1) is 0 Å². The van der Waals surface area contributed by atoms with E-state index in [1.807, 2.05) is 24.4 Å². The standard InChI is InChI=1S/C36H43N3OSi/c1-35(2,3)25-19-28(33(40)29(20-25)36(4,5)6)34-38-32-27(21-26(41(8,9)10)22-31(32)39(34)7)23-14-13-15-24(18-23)30-16-11-12-17-37-30/h11-22,40H,1-10H3. The van der Waals surface area contributed by atoms with E-state index in [0.29, 0.717) is 5.75 Å². The molecule has 41 heavy (non-hydrogen) atoms. The van der Waals surface area contributed by atoms with Gasteiger partial charge in [0.1, 0.15) is 11.6 Å². The van der Waals surface area contributed by atoms with E-state index >= 15 is 0 Å².